The van der Waals surface area contributed by atoms with E-state index in [1.807, 2.05) is 39.3 Å². The van der Waals surface area contributed by atoms with Gasteiger partial charge in [0.25, 0.3) is 0 Å². The van der Waals surface area contributed by atoms with E-state index in [1.165, 1.54) is 0 Å². The van der Waals surface area contributed by atoms with E-state index in [4.69, 9.17) is 4.74 Å². The maximum Gasteiger partial charge on any atom is 0.168 e. The number of nitrogens with zero attached hydrogens (tertiary/aromatic N) is 2. The molecule has 1 aromatic rings. The summed E-state index contributed by atoms with van der Waals surface area (Å²) in [6.07, 6.45) is -0.0645. The van der Waals surface area contributed by atoms with Crippen LogP contribution >= 0.6 is 15.9 Å². The van der Waals surface area contributed by atoms with Crippen LogP contribution in [0.4, 0.5) is 0 Å². The molecule has 4 nitrogen and oxygen atoms in total. The van der Waals surface area contributed by atoms with Crippen molar-refractivity contribution in [1.29, 1.82) is 0 Å². The minimum absolute atomic E-state index is 0.0882. The summed E-state index contributed by atoms with van der Waals surface area (Å²) in [5.41, 5.74) is 1.63. The third-order valence-corrected chi connectivity index (χ3v) is 4.14. The zero-order valence-electron chi connectivity index (χ0n) is 12.6. The third kappa shape index (κ3) is 3.66. The molecule has 0 spiro atoms. The van der Waals surface area contributed by atoms with Gasteiger partial charge in [0, 0.05) is 13.7 Å². The highest BCUT2D eigenvalue weighted by Gasteiger charge is 2.32. The number of aromatic nitrogens is 2. The standard InChI is InChI=1S/C14H23BrN2O2/c1-7-17-10(12(15)9(2)16-17)8-11(18)13(19-6)14(3,4)5/h13H,7-8H2,1-6H3. The van der Waals surface area contributed by atoms with Crippen molar-refractivity contribution >= 4 is 21.7 Å². The first-order valence-corrected chi connectivity index (χ1v) is 7.29. The van der Waals surface area contributed by atoms with E-state index in [0.29, 0.717) is 6.42 Å². The zero-order chi connectivity index (χ0) is 14.8. The molecular weight excluding hydrogens is 308 g/mol. The highest BCUT2D eigenvalue weighted by molar-refractivity contribution is 9.10. The Balaban J connectivity index is 2.99. The molecule has 0 radical (unpaired) electrons. The second kappa shape index (κ2) is 6.18. The predicted molar refractivity (Wildman–Crippen MR) is 79.3 cm³/mol. The molecular formula is C14H23BrN2O2. The van der Waals surface area contributed by atoms with Gasteiger partial charge in [-0.3, -0.25) is 9.48 Å². The summed E-state index contributed by atoms with van der Waals surface area (Å²) < 4.78 is 8.16. The number of rotatable bonds is 5. The van der Waals surface area contributed by atoms with E-state index in [0.717, 1.165) is 22.4 Å². The third-order valence-electron chi connectivity index (χ3n) is 3.11. The molecule has 1 atom stereocenters. The minimum atomic E-state index is -0.403. The molecule has 0 aliphatic carbocycles. The molecule has 1 heterocycles. The topological polar surface area (TPSA) is 44.1 Å². The van der Waals surface area contributed by atoms with Gasteiger partial charge in [-0.25, -0.2) is 0 Å². The van der Waals surface area contributed by atoms with Gasteiger partial charge in [0.05, 0.1) is 22.3 Å². The molecule has 108 valence electrons. The summed E-state index contributed by atoms with van der Waals surface area (Å²) in [4.78, 5) is 12.4. The normalized spacial score (nSPS) is 13.6. The van der Waals surface area contributed by atoms with Gasteiger partial charge in [0.1, 0.15) is 6.10 Å². The monoisotopic (exact) mass is 330 g/mol. The fourth-order valence-corrected chi connectivity index (χ4v) is 2.69. The van der Waals surface area contributed by atoms with Crippen molar-refractivity contribution in [1.82, 2.24) is 9.78 Å². The van der Waals surface area contributed by atoms with Crippen molar-refractivity contribution in [2.75, 3.05) is 7.11 Å². The summed E-state index contributed by atoms with van der Waals surface area (Å²) in [5, 5.41) is 4.41. The first-order chi connectivity index (χ1) is 8.72. The van der Waals surface area contributed by atoms with Crippen molar-refractivity contribution in [2.24, 2.45) is 5.41 Å². The van der Waals surface area contributed by atoms with Crippen LogP contribution in [0.1, 0.15) is 39.1 Å². The smallest absolute Gasteiger partial charge is 0.168 e. The van der Waals surface area contributed by atoms with E-state index in [-0.39, 0.29) is 11.2 Å². The van der Waals surface area contributed by atoms with Crippen LogP contribution in [-0.4, -0.2) is 28.8 Å². The van der Waals surface area contributed by atoms with E-state index in [2.05, 4.69) is 21.0 Å². The number of hydrogen-bond acceptors (Lipinski definition) is 3. The van der Waals surface area contributed by atoms with Crippen molar-refractivity contribution in [3.05, 3.63) is 15.9 Å². The number of halogens is 1. The molecule has 0 saturated carbocycles. The van der Waals surface area contributed by atoms with Crippen molar-refractivity contribution in [2.45, 2.75) is 53.7 Å². The van der Waals surface area contributed by atoms with Gasteiger partial charge in [-0.2, -0.15) is 5.10 Å². The summed E-state index contributed by atoms with van der Waals surface area (Å²) in [6, 6.07) is 0. The van der Waals surface area contributed by atoms with Crippen molar-refractivity contribution in [3.8, 4) is 0 Å². The van der Waals surface area contributed by atoms with Crippen LogP contribution in [0.25, 0.3) is 0 Å². The molecule has 0 bridgehead atoms. The largest absolute Gasteiger partial charge is 0.373 e. The molecule has 0 aliphatic rings. The van der Waals surface area contributed by atoms with Crippen molar-refractivity contribution < 1.29 is 9.53 Å². The van der Waals surface area contributed by atoms with Crippen LogP contribution in [0.15, 0.2) is 4.47 Å². The molecule has 0 aliphatic heterocycles. The second-order valence-corrected chi connectivity index (χ2v) is 6.58. The molecule has 1 rings (SSSR count). The number of ketones is 1. The Labute approximate surface area is 123 Å². The Morgan fingerprint density at radius 2 is 2.05 bits per heavy atom. The Morgan fingerprint density at radius 3 is 2.47 bits per heavy atom. The van der Waals surface area contributed by atoms with Gasteiger partial charge in [-0.05, 0) is 35.2 Å². The molecule has 1 unspecified atom stereocenters. The Hall–Kier alpha value is -0.680. The second-order valence-electron chi connectivity index (χ2n) is 5.79. The van der Waals surface area contributed by atoms with Gasteiger partial charge in [-0.1, -0.05) is 20.8 Å². The summed E-state index contributed by atoms with van der Waals surface area (Å²) in [5.74, 6) is 0.0882. The lowest BCUT2D eigenvalue weighted by molar-refractivity contribution is -0.134. The summed E-state index contributed by atoms with van der Waals surface area (Å²) in [6.45, 7) is 10.7. The fraction of sp³-hybridized carbons (Fsp3) is 0.714. The molecule has 0 saturated heterocycles. The molecule has 5 heteroatoms. The van der Waals surface area contributed by atoms with Crippen LogP contribution in [0.2, 0.25) is 0 Å². The fourth-order valence-electron chi connectivity index (χ4n) is 2.26. The van der Waals surface area contributed by atoms with Gasteiger partial charge in [-0.15, -0.1) is 0 Å². The number of Topliss-reactive ketones (excluding diaryl/α,β-unsaturated/α-hetero) is 1. The Kier molecular flexibility index (Phi) is 5.33. The molecule has 0 aromatic carbocycles. The van der Waals surface area contributed by atoms with E-state index in [1.54, 1.807) is 7.11 Å². The molecule has 1 aromatic heterocycles. The first kappa shape index (κ1) is 16.4. The Bertz CT molecular complexity index is 461. The van der Waals surface area contributed by atoms with E-state index < -0.39 is 6.10 Å². The minimum Gasteiger partial charge on any atom is -0.373 e. The number of carbonyl (C=O) groups is 1. The first-order valence-electron chi connectivity index (χ1n) is 6.49. The average Bonchev–Trinajstić information content (AvgIpc) is 2.55. The number of ether oxygens (including phenoxy) is 1. The number of aryl methyl sites for hydroxylation is 2. The molecule has 0 N–H and O–H groups in total. The highest BCUT2D eigenvalue weighted by Crippen LogP contribution is 2.26. The summed E-state index contributed by atoms with van der Waals surface area (Å²) >= 11 is 3.52. The molecule has 0 amide bonds. The van der Waals surface area contributed by atoms with E-state index >= 15 is 0 Å². The van der Waals surface area contributed by atoms with Crippen molar-refractivity contribution in [3.63, 3.8) is 0 Å². The van der Waals surface area contributed by atoms with Crippen LogP contribution in [-0.2, 0) is 22.5 Å². The predicted octanol–water partition coefficient (Wildman–Crippen LogP) is 3.15. The van der Waals surface area contributed by atoms with Gasteiger partial charge in [0.2, 0.25) is 0 Å². The van der Waals surface area contributed by atoms with Gasteiger partial charge >= 0.3 is 0 Å². The quantitative estimate of drug-likeness (QED) is 0.832. The zero-order valence-corrected chi connectivity index (χ0v) is 14.2. The number of hydrogen-bond donors (Lipinski definition) is 0. The highest BCUT2D eigenvalue weighted by atomic mass is 79.9. The van der Waals surface area contributed by atoms with Crippen LogP contribution in [0.5, 0.6) is 0 Å². The molecule has 19 heavy (non-hydrogen) atoms. The Morgan fingerprint density at radius 1 is 1.47 bits per heavy atom. The molecule has 0 fully saturated rings. The van der Waals surface area contributed by atoms with Gasteiger partial charge < -0.3 is 4.74 Å². The summed E-state index contributed by atoms with van der Waals surface area (Å²) in [7, 11) is 1.59. The van der Waals surface area contributed by atoms with Crippen LogP contribution < -0.4 is 0 Å². The lowest BCUT2D eigenvalue weighted by atomic mass is 9.85. The average molecular weight is 331 g/mol. The van der Waals surface area contributed by atoms with E-state index in [9.17, 15) is 4.79 Å². The SMILES string of the molecule is CCn1nc(C)c(Br)c1CC(=O)C(OC)C(C)(C)C. The number of methoxy groups -OCH3 is 1. The van der Waals surface area contributed by atoms with Crippen LogP contribution in [0.3, 0.4) is 0 Å². The maximum absolute atomic E-state index is 12.4. The van der Waals surface area contributed by atoms with Gasteiger partial charge in [0.15, 0.2) is 5.78 Å². The van der Waals surface area contributed by atoms with Crippen LogP contribution in [0, 0.1) is 12.3 Å². The number of carbonyl (C=O) groups excluding carboxylic acids is 1. The lowest BCUT2D eigenvalue weighted by Gasteiger charge is -2.28. The lowest BCUT2D eigenvalue weighted by Crippen LogP contribution is -2.37. The maximum atomic E-state index is 12.4.